The molecule has 0 radical (unpaired) electrons. The maximum atomic E-state index is 11.0. The van der Waals surface area contributed by atoms with Crippen molar-refractivity contribution in [2.75, 3.05) is 11.4 Å². The molecule has 2 heterocycles. The monoisotopic (exact) mass is 395 g/mol. The molecule has 0 N–H and O–H groups in total. The quantitative estimate of drug-likeness (QED) is 0.339. The van der Waals surface area contributed by atoms with E-state index in [0.29, 0.717) is 0 Å². The molecule has 3 aromatic carbocycles. The normalized spacial score (nSPS) is 15.7. The molecule has 5 heteroatoms. The number of non-ortho nitro benzene ring substituents is 1. The summed E-state index contributed by atoms with van der Waals surface area (Å²) in [5.74, 6) is 0. The zero-order valence-corrected chi connectivity index (χ0v) is 16.4. The van der Waals surface area contributed by atoms with Crippen LogP contribution in [0.4, 0.5) is 11.4 Å². The van der Waals surface area contributed by atoms with Crippen molar-refractivity contribution < 1.29 is 4.92 Å². The van der Waals surface area contributed by atoms with E-state index >= 15 is 0 Å². The highest BCUT2D eigenvalue weighted by Gasteiger charge is 2.28. The standard InChI is InChI=1S/C25H21N3O2/c29-28(30)22-12-13-24-19(16-22)10-11-20(26-24)17-25-23-9-5-4-6-18(23)14-15-27(25)21-7-2-1-3-8-21/h1-13,16,25H,14-15,17H2. The summed E-state index contributed by atoms with van der Waals surface area (Å²) in [6.07, 6.45) is 1.80. The topological polar surface area (TPSA) is 59.3 Å². The van der Waals surface area contributed by atoms with E-state index in [2.05, 4.69) is 53.4 Å². The van der Waals surface area contributed by atoms with Crippen LogP contribution in [0.5, 0.6) is 0 Å². The minimum atomic E-state index is -0.371. The van der Waals surface area contributed by atoms with Crippen LogP contribution in [-0.4, -0.2) is 16.5 Å². The summed E-state index contributed by atoms with van der Waals surface area (Å²) in [6.45, 7) is 0.964. The van der Waals surface area contributed by atoms with Gasteiger partial charge in [0.05, 0.1) is 16.5 Å². The van der Waals surface area contributed by atoms with E-state index in [0.717, 1.165) is 36.0 Å². The highest BCUT2D eigenvalue weighted by atomic mass is 16.6. The van der Waals surface area contributed by atoms with Gasteiger partial charge in [0.25, 0.3) is 5.69 Å². The van der Waals surface area contributed by atoms with Crippen molar-refractivity contribution in [3.05, 3.63) is 112 Å². The molecule has 1 aliphatic heterocycles. The lowest BCUT2D eigenvalue weighted by Gasteiger charge is -2.39. The van der Waals surface area contributed by atoms with Gasteiger partial charge in [0.15, 0.2) is 0 Å². The molecule has 30 heavy (non-hydrogen) atoms. The third-order valence-electron chi connectivity index (χ3n) is 5.84. The number of anilines is 1. The minimum Gasteiger partial charge on any atom is -0.364 e. The maximum Gasteiger partial charge on any atom is 0.270 e. The van der Waals surface area contributed by atoms with Gasteiger partial charge in [-0.1, -0.05) is 48.5 Å². The van der Waals surface area contributed by atoms with E-state index in [4.69, 9.17) is 4.98 Å². The number of rotatable bonds is 4. The van der Waals surface area contributed by atoms with Gasteiger partial charge in [-0.3, -0.25) is 15.1 Å². The average molecular weight is 395 g/mol. The zero-order valence-electron chi connectivity index (χ0n) is 16.4. The summed E-state index contributed by atoms with van der Waals surface area (Å²) in [5, 5.41) is 11.8. The second-order valence-corrected chi connectivity index (χ2v) is 7.63. The molecule has 0 saturated carbocycles. The summed E-state index contributed by atoms with van der Waals surface area (Å²) in [7, 11) is 0. The number of para-hydroxylation sites is 1. The molecule has 0 fully saturated rings. The van der Waals surface area contributed by atoms with E-state index < -0.39 is 0 Å². The van der Waals surface area contributed by atoms with Gasteiger partial charge >= 0.3 is 0 Å². The molecule has 0 saturated heterocycles. The van der Waals surface area contributed by atoms with Crippen LogP contribution in [0, 0.1) is 10.1 Å². The van der Waals surface area contributed by atoms with Crippen molar-refractivity contribution in [1.82, 2.24) is 4.98 Å². The fraction of sp³-hybridized carbons (Fsp3) is 0.160. The Bertz CT molecular complexity index is 1220. The Labute approximate surface area is 174 Å². The van der Waals surface area contributed by atoms with Crippen molar-refractivity contribution >= 4 is 22.3 Å². The fourth-order valence-corrected chi connectivity index (χ4v) is 4.38. The van der Waals surface area contributed by atoms with Crippen molar-refractivity contribution in [2.45, 2.75) is 18.9 Å². The number of hydrogen-bond donors (Lipinski definition) is 0. The molecule has 5 rings (SSSR count). The molecule has 1 atom stereocenters. The molecule has 5 nitrogen and oxygen atoms in total. The first kappa shape index (κ1) is 18.3. The lowest BCUT2D eigenvalue weighted by molar-refractivity contribution is -0.384. The van der Waals surface area contributed by atoms with E-state index in [1.165, 1.54) is 22.9 Å². The Balaban J connectivity index is 1.53. The van der Waals surface area contributed by atoms with Gasteiger partial charge in [0, 0.05) is 41.9 Å². The van der Waals surface area contributed by atoms with Gasteiger partial charge in [-0.2, -0.15) is 0 Å². The molecule has 0 aliphatic carbocycles. The number of nitro benzene ring substituents is 1. The Morgan fingerprint density at radius 1 is 0.967 bits per heavy atom. The second kappa shape index (κ2) is 7.59. The van der Waals surface area contributed by atoms with Gasteiger partial charge in [0.1, 0.15) is 0 Å². The third kappa shape index (κ3) is 3.39. The van der Waals surface area contributed by atoms with Crippen LogP contribution >= 0.6 is 0 Å². The highest BCUT2D eigenvalue weighted by Crippen LogP contribution is 2.36. The number of benzene rings is 3. The predicted molar refractivity (Wildman–Crippen MR) is 119 cm³/mol. The lowest BCUT2D eigenvalue weighted by Crippen LogP contribution is -2.36. The van der Waals surface area contributed by atoms with Gasteiger partial charge in [-0.15, -0.1) is 0 Å². The summed E-state index contributed by atoms with van der Waals surface area (Å²) < 4.78 is 0. The van der Waals surface area contributed by atoms with Crippen LogP contribution < -0.4 is 4.90 Å². The summed E-state index contributed by atoms with van der Waals surface area (Å²) >= 11 is 0. The van der Waals surface area contributed by atoms with Crippen molar-refractivity contribution in [2.24, 2.45) is 0 Å². The number of fused-ring (bicyclic) bond motifs is 2. The number of nitrogens with zero attached hydrogens (tertiary/aromatic N) is 3. The van der Waals surface area contributed by atoms with Crippen molar-refractivity contribution in [3.8, 4) is 0 Å². The van der Waals surface area contributed by atoms with E-state index in [1.807, 2.05) is 18.2 Å². The first-order valence-corrected chi connectivity index (χ1v) is 10.1. The maximum absolute atomic E-state index is 11.0. The Kier molecular flexibility index (Phi) is 4.64. The molecule has 1 aliphatic rings. The first-order chi connectivity index (χ1) is 14.7. The second-order valence-electron chi connectivity index (χ2n) is 7.63. The van der Waals surface area contributed by atoms with Crippen molar-refractivity contribution in [3.63, 3.8) is 0 Å². The number of nitro groups is 1. The molecule has 0 spiro atoms. The SMILES string of the molecule is O=[N+]([O-])c1ccc2nc(CC3c4ccccc4CCN3c3ccccc3)ccc2c1. The number of hydrogen-bond acceptors (Lipinski definition) is 4. The fourth-order valence-electron chi connectivity index (χ4n) is 4.38. The smallest absolute Gasteiger partial charge is 0.270 e. The van der Waals surface area contributed by atoms with Crippen LogP contribution in [-0.2, 0) is 12.8 Å². The third-order valence-corrected chi connectivity index (χ3v) is 5.84. The molecule has 1 aromatic heterocycles. The summed E-state index contributed by atoms with van der Waals surface area (Å²) in [4.78, 5) is 18.0. The lowest BCUT2D eigenvalue weighted by atomic mass is 9.89. The van der Waals surface area contributed by atoms with Crippen LogP contribution in [0.15, 0.2) is 84.9 Å². The highest BCUT2D eigenvalue weighted by molar-refractivity contribution is 5.81. The Hall–Kier alpha value is -3.73. The molecule has 1 unspecified atom stereocenters. The predicted octanol–water partition coefficient (Wildman–Crippen LogP) is 5.49. The Morgan fingerprint density at radius 2 is 1.77 bits per heavy atom. The molecule has 4 aromatic rings. The Morgan fingerprint density at radius 3 is 2.60 bits per heavy atom. The largest absolute Gasteiger partial charge is 0.364 e. The van der Waals surface area contributed by atoms with E-state index in [1.54, 1.807) is 12.1 Å². The molecular formula is C25H21N3O2. The average Bonchev–Trinajstić information content (AvgIpc) is 2.79. The van der Waals surface area contributed by atoms with Crippen LogP contribution in [0.25, 0.3) is 10.9 Å². The first-order valence-electron chi connectivity index (χ1n) is 10.1. The molecule has 148 valence electrons. The van der Waals surface area contributed by atoms with E-state index in [-0.39, 0.29) is 16.7 Å². The van der Waals surface area contributed by atoms with Crippen molar-refractivity contribution in [1.29, 1.82) is 0 Å². The van der Waals surface area contributed by atoms with Gasteiger partial charge < -0.3 is 4.90 Å². The van der Waals surface area contributed by atoms with Gasteiger partial charge in [-0.05, 0) is 41.8 Å². The van der Waals surface area contributed by atoms with Crippen LogP contribution in [0.1, 0.15) is 22.9 Å². The summed E-state index contributed by atoms with van der Waals surface area (Å²) in [5.41, 5.74) is 5.82. The molecular weight excluding hydrogens is 374 g/mol. The summed E-state index contributed by atoms with van der Waals surface area (Å²) in [6, 6.07) is 28.1. The minimum absolute atomic E-state index is 0.0912. The van der Waals surface area contributed by atoms with Gasteiger partial charge in [-0.25, -0.2) is 0 Å². The van der Waals surface area contributed by atoms with Crippen LogP contribution in [0.3, 0.4) is 0 Å². The zero-order chi connectivity index (χ0) is 20.5. The molecule has 0 amide bonds. The van der Waals surface area contributed by atoms with Crippen LogP contribution in [0.2, 0.25) is 0 Å². The van der Waals surface area contributed by atoms with E-state index in [9.17, 15) is 10.1 Å². The molecule has 0 bridgehead atoms. The number of pyridine rings is 1. The van der Waals surface area contributed by atoms with Gasteiger partial charge in [0.2, 0.25) is 0 Å². The number of aromatic nitrogens is 1.